The highest BCUT2D eigenvalue weighted by molar-refractivity contribution is 14.1. The van der Waals surface area contributed by atoms with Gasteiger partial charge >= 0.3 is 23.1 Å². The van der Waals surface area contributed by atoms with Crippen molar-refractivity contribution in [1.29, 1.82) is 0 Å². The minimum absolute atomic E-state index is 0. The Labute approximate surface area is 75.0 Å². The predicted molar refractivity (Wildman–Crippen MR) is 43.4 cm³/mol. The molecule has 0 aliphatic heterocycles. The summed E-state index contributed by atoms with van der Waals surface area (Å²) in [7, 11) is 0. The highest BCUT2D eigenvalue weighted by atomic mass is 127. The van der Waals surface area contributed by atoms with Crippen LogP contribution in [0.4, 0.5) is 0 Å². The normalized spacial score (nSPS) is 8.57. The molecule has 42 valence electrons. The summed E-state index contributed by atoms with van der Waals surface area (Å²) < 4.78 is 4.77. The molecule has 0 saturated heterocycles. The van der Waals surface area contributed by atoms with Gasteiger partial charge in [0.1, 0.15) is 23.0 Å². The third-order valence-electron chi connectivity index (χ3n) is 0.396. The van der Waals surface area contributed by atoms with E-state index < -0.39 is 0 Å². The van der Waals surface area contributed by atoms with Crippen molar-refractivity contribution >= 4 is 46.1 Å². The topological polar surface area (TPSA) is 9.23 Å². The molecule has 3 heteroatoms. The standard InChI is InChI=1S/C4H9IO.Mg.2H/c1-4(2)3-6-5;;;/h4H,3H2,1-2H3;;;. The molecule has 0 aromatic carbocycles. The molecule has 0 aliphatic carbocycles. The molecule has 0 N–H and O–H groups in total. The Morgan fingerprint density at radius 1 is 1.57 bits per heavy atom. The lowest BCUT2D eigenvalue weighted by molar-refractivity contribution is 0.356. The van der Waals surface area contributed by atoms with Crippen LogP contribution in [0.15, 0.2) is 0 Å². The van der Waals surface area contributed by atoms with Crippen LogP contribution in [0.2, 0.25) is 0 Å². The van der Waals surface area contributed by atoms with Crippen molar-refractivity contribution in [2.75, 3.05) is 6.61 Å². The number of hydrogen-bond donors (Lipinski definition) is 0. The molecule has 0 aromatic heterocycles. The molecule has 0 bridgehead atoms. The van der Waals surface area contributed by atoms with E-state index in [9.17, 15) is 0 Å². The molecular weight excluding hydrogens is 215 g/mol. The molecule has 0 spiro atoms. The third kappa shape index (κ3) is 11.2. The lowest BCUT2D eigenvalue weighted by Gasteiger charge is -1.95. The zero-order valence-electron chi connectivity index (χ0n) is 4.07. The number of hydrogen-bond acceptors (Lipinski definition) is 1. The first-order chi connectivity index (χ1) is 2.77. The van der Waals surface area contributed by atoms with Gasteiger partial charge in [0, 0.05) is 0 Å². The molecule has 0 saturated carbocycles. The molecule has 0 aliphatic rings. The summed E-state index contributed by atoms with van der Waals surface area (Å²) in [6.07, 6.45) is 0. The van der Waals surface area contributed by atoms with Gasteiger partial charge in [0.25, 0.3) is 0 Å². The van der Waals surface area contributed by atoms with E-state index in [1.165, 1.54) is 0 Å². The van der Waals surface area contributed by atoms with Gasteiger partial charge in [-0.3, -0.25) is 0 Å². The fourth-order valence-corrected chi connectivity index (χ4v) is 0.845. The molecular formula is C4H11IMgO. The third-order valence-corrected chi connectivity index (χ3v) is 0.756. The molecule has 0 fully saturated rings. The average molecular weight is 226 g/mol. The van der Waals surface area contributed by atoms with Crippen molar-refractivity contribution in [1.82, 2.24) is 0 Å². The molecule has 0 amide bonds. The Kier molecular flexibility index (Phi) is 12.0. The highest BCUT2D eigenvalue weighted by Gasteiger charge is 1.87. The van der Waals surface area contributed by atoms with Crippen LogP contribution in [-0.4, -0.2) is 29.7 Å². The Bertz CT molecular complexity index is 32.9. The summed E-state index contributed by atoms with van der Waals surface area (Å²) in [6, 6.07) is 0. The van der Waals surface area contributed by atoms with Gasteiger partial charge in [-0.15, -0.1) is 0 Å². The highest BCUT2D eigenvalue weighted by Crippen LogP contribution is 1.94. The second-order valence-corrected chi connectivity index (χ2v) is 2.29. The van der Waals surface area contributed by atoms with E-state index in [1.807, 2.05) is 23.0 Å². The first-order valence-corrected chi connectivity index (χ1v) is 2.89. The van der Waals surface area contributed by atoms with E-state index in [-0.39, 0.29) is 23.1 Å². The fourth-order valence-electron chi connectivity index (χ4n) is 0.126. The predicted octanol–water partition coefficient (Wildman–Crippen LogP) is 1.09. The zero-order chi connectivity index (χ0) is 4.99. The van der Waals surface area contributed by atoms with E-state index in [1.54, 1.807) is 0 Å². The Balaban J connectivity index is 0. The van der Waals surface area contributed by atoms with Crippen LogP contribution in [0.3, 0.4) is 0 Å². The van der Waals surface area contributed by atoms with Crippen LogP contribution >= 0.6 is 23.0 Å². The van der Waals surface area contributed by atoms with Gasteiger partial charge in [-0.2, -0.15) is 0 Å². The molecule has 0 radical (unpaired) electrons. The van der Waals surface area contributed by atoms with Crippen LogP contribution in [0, 0.1) is 5.92 Å². The molecule has 1 nitrogen and oxygen atoms in total. The molecule has 0 heterocycles. The van der Waals surface area contributed by atoms with Crippen LogP contribution in [0.25, 0.3) is 0 Å². The summed E-state index contributed by atoms with van der Waals surface area (Å²) in [5.74, 6) is 0.668. The largest absolute Gasteiger partial charge is 0.316 e. The first kappa shape index (κ1) is 11.3. The van der Waals surface area contributed by atoms with Crippen molar-refractivity contribution in [2.45, 2.75) is 13.8 Å². The van der Waals surface area contributed by atoms with Gasteiger partial charge in [0.2, 0.25) is 0 Å². The number of rotatable bonds is 2. The minimum atomic E-state index is 0. The monoisotopic (exact) mass is 226 g/mol. The van der Waals surface area contributed by atoms with E-state index in [0.29, 0.717) is 5.92 Å². The van der Waals surface area contributed by atoms with Crippen LogP contribution in [0.1, 0.15) is 13.8 Å². The summed E-state index contributed by atoms with van der Waals surface area (Å²) in [5, 5.41) is 0. The van der Waals surface area contributed by atoms with Gasteiger partial charge < -0.3 is 3.07 Å². The van der Waals surface area contributed by atoms with Gasteiger partial charge in [-0.1, -0.05) is 13.8 Å². The molecule has 7 heavy (non-hydrogen) atoms. The lowest BCUT2D eigenvalue weighted by Crippen LogP contribution is -1.92. The van der Waals surface area contributed by atoms with Crippen molar-refractivity contribution in [2.24, 2.45) is 5.92 Å². The Morgan fingerprint density at radius 3 is 2.00 bits per heavy atom. The fraction of sp³-hybridized carbons (Fsp3) is 1.00. The summed E-state index contributed by atoms with van der Waals surface area (Å²) in [6.45, 7) is 5.11. The summed E-state index contributed by atoms with van der Waals surface area (Å²) in [5.41, 5.74) is 0. The molecule has 0 unspecified atom stereocenters. The van der Waals surface area contributed by atoms with E-state index in [4.69, 9.17) is 3.07 Å². The lowest BCUT2D eigenvalue weighted by atomic mass is 10.2. The van der Waals surface area contributed by atoms with Crippen molar-refractivity contribution in [3.05, 3.63) is 0 Å². The summed E-state index contributed by atoms with van der Waals surface area (Å²) >= 11 is 1.90. The number of halogens is 1. The van der Waals surface area contributed by atoms with E-state index in [2.05, 4.69) is 13.8 Å². The van der Waals surface area contributed by atoms with Gasteiger partial charge in [0.15, 0.2) is 0 Å². The average Bonchev–Trinajstić information content (AvgIpc) is 1.35. The van der Waals surface area contributed by atoms with Crippen molar-refractivity contribution < 1.29 is 3.07 Å². The van der Waals surface area contributed by atoms with Crippen LogP contribution < -0.4 is 0 Å². The van der Waals surface area contributed by atoms with Gasteiger partial charge in [-0.05, 0) is 5.92 Å². The van der Waals surface area contributed by atoms with E-state index in [0.717, 1.165) is 6.61 Å². The quantitative estimate of drug-likeness (QED) is 0.506. The Morgan fingerprint density at radius 2 is 2.00 bits per heavy atom. The van der Waals surface area contributed by atoms with Crippen LogP contribution in [0.5, 0.6) is 0 Å². The van der Waals surface area contributed by atoms with Gasteiger partial charge in [-0.25, -0.2) is 0 Å². The molecule has 0 rings (SSSR count). The zero-order valence-corrected chi connectivity index (χ0v) is 6.23. The summed E-state index contributed by atoms with van der Waals surface area (Å²) in [4.78, 5) is 0. The van der Waals surface area contributed by atoms with E-state index >= 15 is 0 Å². The second-order valence-electron chi connectivity index (χ2n) is 1.67. The molecule has 0 atom stereocenters. The smallest absolute Gasteiger partial charge is 0.316 e. The van der Waals surface area contributed by atoms with Crippen molar-refractivity contribution in [3.8, 4) is 0 Å². The SMILES string of the molecule is CC(C)COI.[MgH2]. The maximum atomic E-state index is 4.77. The van der Waals surface area contributed by atoms with Gasteiger partial charge in [0.05, 0.1) is 6.61 Å². The Hall–Kier alpha value is 1.46. The maximum absolute atomic E-state index is 4.77. The van der Waals surface area contributed by atoms with Crippen LogP contribution in [-0.2, 0) is 3.07 Å². The molecule has 0 aromatic rings. The minimum Gasteiger partial charge on any atom is -0.316 e. The van der Waals surface area contributed by atoms with Crippen molar-refractivity contribution in [3.63, 3.8) is 0 Å². The second kappa shape index (κ2) is 7.46. The maximum Gasteiger partial charge on any atom is 0.316 e. The first-order valence-electron chi connectivity index (χ1n) is 2.01.